The lowest BCUT2D eigenvalue weighted by atomic mass is 10.1. The minimum atomic E-state index is -0.571. The summed E-state index contributed by atoms with van der Waals surface area (Å²) in [7, 11) is 0. The molecule has 2 rings (SSSR count). The number of halogens is 1. The van der Waals surface area contributed by atoms with Crippen molar-refractivity contribution in [2.75, 3.05) is 5.32 Å². The summed E-state index contributed by atoms with van der Waals surface area (Å²) in [6.45, 7) is 0. The lowest BCUT2D eigenvalue weighted by Gasteiger charge is -2.00. The van der Waals surface area contributed by atoms with Crippen LogP contribution in [0.1, 0.15) is 11.6 Å². The fraction of sp³-hybridized carbons (Fsp3) is 0.125. The normalized spacial score (nSPS) is 20.5. The van der Waals surface area contributed by atoms with Crippen molar-refractivity contribution in [3.63, 3.8) is 0 Å². The molecule has 4 heteroatoms. The zero-order valence-corrected chi connectivity index (χ0v) is 6.93. The van der Waals surface area contributed by atoms with Crippen LogP contribution >= 0.6 is 11.6 Å². The lowest BCUT2D eigenvalue weighted by molar-refractivity contribution is -0.116. The second-order valence-corrected chi connectivity index (χ2v) is 3.08. The first-order valence-electron chi connectivity index (χ1n) is 3.55. The summed E-state index contributed by atoms with van der Waals surface area (Å²) in [6, 6.07) is 4.72. The molecule has 1 aliphatic rings. The van der Waals surface area contributed by atoms with Crippen LogP contribution in [0, 0.1) is 0 Å². The maximum Gasteiger partial charge on any atom is 0.246 e. The molecule has 0 saturated carbocycles. The second kappa shape index (κ2) is 2.47. The molecule has 3 nitrogen and oxygen atoms in total. The first kappa shape index (κ1) is 7.58. The van der Waals surface area contributed by atoms with Crippen LogP contribution in [0.4, 0.5) is 5.69 Å². The van der Waals surface area contributed by atoms with Crippen molar-refractivity contribution >= 4 is 23.2 Å². The van der Waals surface area contributed by atoms with Crippen LogP contribution in [0.25, 0.3) is 0 Å². The first-order valence-corrected chi connectivity index (χ1v) is 3.93. The number of nitrogens with two attached hydrogens (primary N) is 1. The number of carbonyl (C=O) groups excluding carboxylic acids is 1. The smallest absolute Gasteiger partial charge is 0.246 e. The number of hydrogen-bond acceptors (Lipinski definition) is 2. The van der Waals surface area contributed by atoms with Gasteiger partial charge in [-0.3, -0.25) is 4.79 Å². The number of benzene rings is 1. The van der Waals surface area contributed by atoms with Crippen molar-refractivity contribution in [1.82, 2.24) is 0 Å². The number of nitrogens with one attached hydrogen (secondary N) is 1. The zero-order valence-electron chi connectivity index (χ0n) is 6.17. The Morgan fingerprint density at radius 1 is 1.50 bits per heavy atom. The number of rotatable bonds is 0. The van der Waals surface area contributed by atoms with Gasteiger partial charge in [-0.05, 0) is 6.07 Å². The summed E-state index contributed by atoms with van der Waals surface area (Å²) < 4.78 is 0. The van der Waals surface area contributed by atoms with Gasteiger partial charge >= 0.3 is 0 Å². The van der Waals surface area contributed by atoms with E-state index in [-0.39, 0.29) is 5.91 Å². The van der Waals surface area contributed by atoms with Crippen LogP contribution in [0.3, 0.4) is 0 Å². The van der Waals surface area contributed by atoms with E-state index in [0.29, 0.717) is 10.7 Å². The van der Waals surface area contributed by atoms with Crippen molar-refractivity contribution in [1.29, 1.82) is 0 Å². The third-order valence-corrected chi connectivity index (χ3v) is 2.23. The Kier molecular flexibility index (Phi) is 1.56. The maximum absolute atomic E-state index is 11.1. The third kappa shape index (κ3) is 0.906. The predicted molar refractivity (Wildman–Crippen MR) is 47.0 cm³/mol. The van der Waals surface area contributed by atoms with E-state index < -0.39 is 6.04 Å². The molecule has 1 aromatic rings. The van der Waals surface area contributed by atoms with Crippen LogP contribution < -0.4 is 11.1 Å². The van der Waals surface area contributed by atoms with Crippen molar-refractivity contribution in [2.24, 2.45) is 5.73 Å². The second-order valence-electron chi connectivity index (χ2n) is 2.67. The molecular weight excluding hydrogens is 176 g/mol. The first-order chi connectivity index (χ1) is 5.70. The molecule has 62 valence electrons. The zero-order chi connectivity index (χ0) is 8.72. The average Bonchev–Trinajstić information content (AvgIpc) is 2.32. The third-order valence-electron chi connectivity index (χ3n) is 1.91. The van der Waals surface area contributed by atoms with Gasteiger partial charge in [0, 0.05) is 5.56 Å². The lowest BCUT2D eigenvalue weighted by Crippen LogP contribution is -2.19. The highest BCUT2D eigenvalue weighted by atomic mass is 35.5. The molecule has 0 spiro atoms. The van der Waals surface area contributed by atoms with E-state index in [0.717, 1.165) is 5.56 Å². The molecule has 1 aromatic carbocycles. The van der Waals surface area contributed by atoms with E-state index in [4.69, 9.17) is 17.3 Å². The van der Waals surface area contributed by atoms with Gasteiger partial charge in [-0.15, -0.1) is 0 Å². The summed E-state index contributed by atoms with van der Waals surface area (Å²) in [5.41, 5.74) is 7.01. The largest absolute Gasteiger partial charge is 0.323 e. The van der Waals surface area contributed by atoms with Gasteiger partial charge in [0.15, 0.2) is 0 Å². The molecule has 1 aliphatic heterocycles. The summed E-state index contributed by atoms with van der Waals surface area (Å²) in [6.07, 6.45) is 0. The minimum absolute atomic E-state index is 0.196. The highest BCUT2D eigenvalue weighted by Gasteiger charge is 2.28. The summed E-state index contributed by atoms with van der Waals surface area (Å²) in [5, 5.41) is 3.16. The molecule has 0 saturated heterocycles. The van der Waals surface area contributed by atoms with Gasteiger partial charge in [0.25, 0.3) is 0 Å². The van der Waals surface area contributed by atoms with E-state index in [1.165, 1.54) is 0 Å². The van der Waals surface area contributed by atoms with Crippen LogP contribution in [-0.2, 0) is 4.79 Å². The molecular formula is C8H7ClN2O. The molecule has 3 N–H and O–H groups in total. The standard InChI is InChI=1S/C8H7ClN2O/c9-5-3-1-2-4-6(10)8(12)11-7(4)5/h1-3,6H,10H2,(H,11,12). The van der Waals surface area contributed by atoms with Crippen molar-refractivity contribution < 1.29 is 4.79 Å². The molecule has 12 heavy (non-hydrogen) atoms. The summed E-state index contributed by atoms with van der Waals surface area (Å²) in [5.74, 6) is -0.196. The minimum Gasteiger partial charge on any atom is -0.323 e. The Balaban J connectivity index is 2.60. The molecule has 0 aliphatic carbocycles. The summed E-state index contributed by atoms with van der Waals surface area (Å²) >= 11 is 5.83. The van der Waals surface area contributed by atoms with E-state index in [9.17, 15) is 4.79 Å². The Hall–Kier alpha value is -1.06. The number of anilines is 1. The van der Waals surface area contributed by atoms with E-state index in [1.54, 1.807) is 18.2 Å². The fourth-order valence-corrected chi connectivity index (χ4v) is 1.50. The monoisotopic (exact) mass is 182 g/mol. The van der Waals surface area contributed by atoms with Gasteiger partial charge in [0.05, 0.1) is 10.7 Å². The number of fused-ring (bicyclic) bond motifs is 1. The Morgan fingerprint density at radius 2 is 2.25 bits per heavy atom. The average molecular weight is 183 g/mol. The van der Waals surface area contributed by atoms with Crippen LogP contribution in [0.5, 0.6) is 0 Å². The van der Waals surface area contributed by atoms with E-state index in [1.807, 2.05) is 0 Å². The van der Waals surface area contributed by atoms with Crippen LogP contribution in [0.2, 0.25) is 5.02 Å². The molecule has 0 aromatic heterocycles. The van der Waals surface area contributed by atoms with Crippen LogP contribution in [-0.4, -0.2) is 5.91 Å². The molecule has 1 amide bonds. The topological polar surface area (TPSA) is 55.1 Å². The number of para-hydroxylation sites is 1. The van der Waals surface area contributed by atoms with E-state index >= 15 is 0 Å². The fourth-order valence-electron chi connectivity index (χ4n) is 1.27. The Morgan fingerprint density at radius 3 is 2.92 bits per heavy atom. The SMILES string of the molecule is NC1C(=O)Nc2c(Cl)cccc21. The molecule has 1 atom stereocenters. The molecule has 0 bridgehead atoms. The molecule has 0 fully saturated rings. The van der Waals surface area contributed by atoms with Crippen molar-refractivity contribution in [2.45, 2.75) is 6.04 Å². The van der Waals surface area contributed by atoms with Crippen molar-refractivity contribution in [3.05, 3.63) is 28.8 Å². The number of hydrogen-bond donors (Lipinski definition) is 2. The molecule has 0 radical (unpaired) electrons. The quantitative estimate of drug-likeness (QED) is 0.635. The van der Waals surface area contributed by atoms with Gasteiger partial charge in [0.2, 0.25) is 5.91 Å². The van der Waals surface area contributed by atoms with Gasteiger partial charge < -0.3 is 11.1 Å². The molecule has 1 unspecified atom stereocenters. The highest BCUT2D eigenvalue weighted by Crippen LogP contribution is 2.34. The Labute approximate surface area is 74.5 Å². The van der Waals surface area contributed by atoms with Crippen LogP contribution in [0.15, 0.2) is 18.2 Å². The number of amides is 1. The van der Waals surface area contributed by atoms with Gasteiger partial charge in [-0.1, -0.05) is 23.7 Å². The maximum atomic E-state index is 11.1. The predicted octanol–water partition coefficient (Wildman–Crippen LogP) is 1.29. The van der Waals surface area contributed by atoms with Crippen molar-refractivity contribution in [3.8, 4) is 0 Å². The van der Waals surface area contributed by atoms with Gasteiger partial charge in [-0.2, -0.15) is 0 Å². The number of carbonyl (C=O) groups is 1. The van der Waals surface area contributed by atoms with E-state index in [2.05, 4.69) is 5.32 Å². The van der Waals surface area contributed by atoms with Gasteiger partial charge in [-0.25, -0.2) is 0 Å². The summed E-state index contributed by atoms with van der Waals surface area (Å²) in [4.78, 5) is 11.1. The highest BCUT2D eigenvalue weighted by molar-refractivity contribution is 6.34. The Bertz CT molecular complexity index is 351. The molecule has 1 heterocycles. The van der Waals surface area contributed by atoms with Gasteiger partial charge in [0.1, 0.15) is 6.04 Å².